The first-order valence-electron chi connectivity index (χ1n) is 6.90. The number of carbonyl (C=O) groups is 2. The summed E-state index contributed by atoms with van der Waals surface area (Å²) in [6.07, 6.45) is -0.901. The number of β-amino-alcohol motifs (C(OH)–C–C–N with tert-alkyl or cyclic N) is 1. The summed E-state index contributed by atoms with van der Waals surface area (Å²) in [5.41, 5.74) is 0.776. The lowest BCUT2D eigenvalue weighted by atomic mass is 10.1. The number of hydrogen-bond acceptors (Lipinski definition) is 5. The third kappa shape index (κ3) is 2.94. The average molecular weight is 317 g/mol. The number of benzene rings is 1. The van der Waals surface area contributed by atoms with E-state index >= 15 is 0 Å². The van der Waals surface area contributed by atoms with Crippen LogP contribution < -0.4 is 0 Å². The molecule has 1 aromatic carbocycles. The zero-order valence-corrected chi connectivity index (χ0v) is 12.6. The van der Waals surface area contributed by atoms with E-state index in [-0.39, 0.29) is 25.0 Å². The van der Waals surface area contributed by atoms with E-state index in [0.29, 0.717) is 17.7 Å². The number of thiophene rings is 1. The van der Waals surface area contributed by atoms with Gasteiger partial charge in [0, 0.05) is 4.88 Å². The quantitative estimate of drug-likeness (QED) is 0.827. The van der Waals surface area contributed by atoms with Crippen molar-refractivity contribution in [2.24, 2.45) is 0 Å². The summed E-state index contributed by atoms with van der Waals surface area (Å²) >= 11 is 1.57. The van der Waals surface area contributed by atoms with E-state index in [1.807, 2.05) is 17.5 Å². The molecule has 1 aromatic heterocycles. The number of ether oxygens (including phenoxy) is 1. The van der Waals surface area contributed by atoms with Crippen LogP contribution in [0.5, 0.6) is 0 Å². The minimum atomic E-state index is -0.901. The minimum Gasteiger partial charge on any atom is -0.389 e. The van der Waals surface area contributed by atoms with E-state index in [2.05, 4.69) is 0 Å². The molecule has 0 bridgehead atoms. The molecular formula is C16H15NO4S. The maximum Gasteiger partial charge on any atom is 0.261 e. The fraction of sp³-hybridized carbons (Fsp3) is 0.250. The number of carbonyl (C=O) groups excluding carboxylic acids is 2. The Morgan fingerprint density at radius 2 is 1.77 bits per heavy atom. The van der Waals surface area contributed by atoms with Gasteiger partial charge in [-0.25, -0.2) is 0 Å². The van der Waals surface area contributed by atoms with E-state index in [0.717, 1.165) is 9.78 Å². The zero-order valence-electron chi connectivity index (χ0n) is 11.8. The lowest BCUT2D eigenvalue weighted by molar-refractivity contribution is 0.0126. The van der Waals surface area contributed by atoms with Crippen LogP contribution in [0.3, 0.4) is 0 Å². The highest BCUT2D eigenvalue weighted by atomic mass is 32.1. The van der Waals surface area contributed by atoms with Crippen LogP contribution in [0.2, 0.25) is 0 Å². The van der Waals surface area contributed by atoms with Gasteiger partial charge in [0.25, 0.3) is 11.8 Å². The highest BCUT2D eigenvalue weighted by molar-refractivity contribution is 7.09. The van der Waals surface area contributed by atoms with Crippen LogP contribution >= 0.6 is 11.3 Å². The summed E-state index contributed by atoms with van der Waals surface area (Å²) in [4.78, 5) is 26.5. The van der Waals surface area contributed by atoms with Gasteiger partial charge in [-0.15, -0.1) is 11.3 Å². The molecule has 0 spiro atoms. The molecule has 0 aliphatic carbocycles. The number of amides is 2. The highest BCUT2D eigenvalue weighted by Gasteiger charge is 2.35. The second-order valence-electron chi connectivity index (χ2n) is 5.01. The van der Waals surface area contributed by atoms with Crippen molar-refractivity contribution in [3.05, 3.63) is 57.8 Å². The maximum absolute atomic E-state index is 12.2. The molecule has 114 valence electrons. The molecule has 2 amide bonds. The summed E-state index contributed by atoms with van der Waals surface area (Å²) < 4.78 is 5.41. The molecule has 22 heavy (non-hydrogen) atoms. The van der Waals surface area contributed by atoms with Gasteiger partial charge in [-0.05, 0) is 23.6 Å². The van der Waals surface area contributed by atoms with Gasteiger partial charge in [-0.2, -0.15) is 0 Å². The van der Waals surface area contributed by atoms with Crippen LogP contribution in [-0.2, 0) is 11.3 Å². The Balaban J connectivity index is 1.55. The van der Waals surface area contributed by atoms with Crippen LogP contribution in [0.1, 0.15) is 25.6 Å². The van der Waals surface area contributed by atoms with Gasteiger partial charge < -0.3 is 9.84 Å². The van der Waals surface area contributed by atoms with E-state index in [9.17, 15) is 14.7 Å². The van der Waals surface area contributed by atoms with Crippen molar-refractivity contribution in [1.29, 1.82) is 0 Å². The molecule has 2 aromatic rings. The summed E-state index contributed by atoms with van der Waals surface area (Å²) in [5, 5.41) is 11.9. The Hall–Kier alpha value is -2.02. The first-order valence-corrected chi connectivity index (χ1v) is 7.78. The predicted octanol–water partition coefficient (Wildman–Crippen LogP) is 1.92. The van der Waals surface area contributed by atoms with Crippen molar-refractivity contribution in [3.8, 4) is 0 Å². The van der Waals surface area contributed by atoms with E-state index in [1.165, 1.54) is 0 Å². The van der Waals surface area contributed by atoms with Crippen LogP contribution in [0.4, 0.5) is 0 Å². The Labute approximate surface area is 131 Å². The van der Waals surface area contributed by atoms with E-state index < -0.39 is 6.10 Å². The standard InChI is InChI=1S/C16H15NO4S/c18-11(9-21-10-12-4-3-7-22-12)8-17-15(19)13-5-1-2-6-14(13)16(17)20/h1-7,11,18H,8-10H2/t11-/m0/s1. The SMILES string of the molecule is O=C1c2ccccc2C(=O)N1C[C@H](O)COCc1cccs1. The largest absolute Gasteiger partial charge is 0.389 e. The Morgan fingerprint density at radius 3 is 2.36 bits per heavy atom. The average Bonchev–Trinajstić information content (AvgIpc) is 3.11. The molecule has 1 N–H and O–H groups in total. The minimum absolute atomic E-state index is 0.0587. The number of nitrogens with zero attached hydrogens (tertiary/aromatic N) is 1. The van der Waals surface area contributed by atoms with Gasteiger partial charge in [0.2, 0.25) is 0 Å². The predicted molar refractivity (Wildman–Crippen MR) is 81.8 cm³/mol. The number of hydrogen-bond donors (Lipinski definition) is 1. The highest BCUT2D eigenvalue weighted by Crippen LogP contribution is 2.22. The fourth-order valence-electron chi connectivity index (χ4n) is 2.36. The molecule has 1 aliphatic rings. The van der Waals surface area contributed by atoms with Crippen molar-refractivity contribution in [3.63, 3.8) is 0 Å². The third-order valence-corrected chi connectivity index (χ3v) is 4.26. The second kappa shape index (κ2) is 6.39. The normalized spacial score (nSPS) is 15.2. The van der Waals surface area contributed by atoms with Gasteiger partial charge in [0.1, 0.15) is 0 Å². The summed E-state index contributed by atoms with van der Waals surface area (Å²) in [6.45, 7) is 0.430. The van der Waals surface area contributed by atoms with Crippen LogP contribution in [0.15, 0.2) is 41.8 Å². The Morgan fingerprint density at radius 1 is 1.09 bits per heavy atom. The second-order valence-corrected chi connectivity index (χ2v) is 6.05. The number of aliphatic hydroxyl groups excluding tert-OH is 1. The molecule has 0 fully saturated rings. The summed E-state index contributed by atoms with van der Waals surface area (Å²) in [6, 6.07) is 10.5. The van der Waals surface area contributed by atoms with Gasteiger partial charge >= 0.3 is 0 Å². The Bertz CT molecular complexity index is 648. The molecular weight excluding hydrogens is 302 g/mol. The number of fused-ring (bicyclic) bond motifs is 1. The lowest BCUT2D eigenvalue weighted by Crippen LogP contribution is -2.38. The summed E-state index contributed by atoms with van der Waals surface area (Å²) in [5.74, 6) is -0.726. The molecule has 6 heteroatoms. The van der Waals surface area contributed by atoms with Crippen molar-refractivity contribution >= 4 is 23.2 Å². The first kappa shape index (κ1) is 14.9. The molecule has 0 radical (unpaired) electrons. The van der Waals surface area contributed by atoms with Crippen LogP contribution in [-0.4, -0.2) is 41.1 Å². The lowest BCUT2D eigenvalue weighted by Gasteiger charge is -2.18. The smallest absolute Gasteiger partial charge is 0.261 e. The van der Waals surface area contributed by atoms with Crippen molar-refractivity contribution in [2.45, 2.75) is 12.7 Å². The monoisotopic (exact) mass is 317 g/mol. The fourth-order valence-corrected chi connectivity index (χ4v) is 3.00. The van der Waals surface area contributed by atoms with E-state index in [4.69, 9.17) is 4.74 Å². The topological polar surface area (TPSA) is 66.8 Å². The molecule has 0 unspecified atom stereocenters. The van der Waals surface area contributed by atoms with E-state index in [1.54, 1.807) is 35.6 Å². The number of aliphatic hydroxyl groups is 1. The van der Waals surface area contributed by atoms with Crippen molar-refractivity contribution in [2.75, 3.05) is 13.2 Å². The molecule has 1 aliphatic heterocycles. The zero-order chi connectivity index (χ0) is 15.5. The molecule has 5 nitrogen and oxygen atoms in total. The van der Waals surface area contributed by atoms with Gasteiger partial charge in [0.15, 0.2) is 0 Å². The number of rotatable bonds is 6. The van der Waals surface area contributed by atoms with Crippen molar-refractivity contribution < 1.29 is 19.4 Å². The van der Waals surface area contributed by atoms with Crippen molar-refractivity contribution in [1.82, 2.24) is 4.90 Å². The van der Waals surface area contributed by atoms with Crippen LogP contribution in [0, 0.1) is 0 Å². The third-order valence-electron chi connectivity index (χ3n) is 3.41. The van der Waals surface area contributed by atoms with Crippen LogP contribution in [0.25, 0.3) is 0 Å². The molecule has 2 heterocycles. The maximum atomic E-state index is 12.2. The van der Waals surface area contributed by atoms with Gasteiger partial charge in [-0.1, -0.05) is 18.2 Å². The summed E-state index contributed by atoms with van der Waals surface area (Å²) in [7, 11) is 0. The molecule has 0 saturated carbocycles. The molecule has 1 atom stereocenters. The Kier molecular flexibility index (Phi) is 4.33. The number of imide groups is 1. The van der Waals surface area contributed by atoms with Gasteiger partial charge in [-0.3, -0.25) is 14.5 Å². The molecule has 0 saturated heterocycles. The first-order chi connectivity index (χ1) is 10.7. The van der Waals surface area contributed by atoms with Gasteiger partial charge in [0.05, 0.1) is 37.0 Å². The molecule has 3 rings (SSSR count).